The lowest BCUT2D eigenvalue weighted by atomic mass is 10.1. The van der Waals surface area contributed by atoms with Crippen molar-refractivity contribution in [1.82, 2.24) is 14.7 Å². The summed E-state index contributed by atoms with van der Waals surface area (Å²) in [5.74, 6) is 1.11. The Hall–Kier alpha value is -3.35. The van der Waals surface area contributed by atoms with E-state index in [0.717, 1.165) is 0 Å². The van der Waals surface area contributed by atoms with E-state index in [4.69, 9.17) is 9.47 Å². The highest BCUT2D eigenvalue weighted by Crippen LogP contribution is 2.31. The maximum absolute atomic E-state index is 13.2. The third-order valence-electron chi connectivity index (χ3n) is 4.91. The van der Waals surface area contributed by atoms with Crippen LogP contribution in [0.2, 0.25) is 0 Å². The fraction of sp³-hybridized carbons (Fsp3) is 0.318. The van der Waals surface area contributed by atoms with E-state index in [2.05, 4.69) is 5.10 Å². The van der Waals surface area contributed by atoms with Crippen molar-refractivity contribution in [3.8, 4) is 11.5 Å². The molecule has 0 radical (unpaired) electrons. The first-order chi connectivity index (χ1) is 14.0. The second kappa shape index (κ2) is 7.58. The van der Waals surface area contributed by atoms with Crippen LogP contribution < -0.4 is 15.0 Å². The highest BCUT2D eigenvalue weighted by molar-refractivity contribution is 6.04. The summed E-state index contributed by atoms with van der Waals surface area (Å²) in [6.45, 7) is 4.43. The number of ether oxygens (including phenoxy) is 2. The number of hydrogen-bond donors (Lipinski definition) is 0. The summed E-state index contributed by atoms with van der Waals surface area (Å²) < 4.78 is 13.1. The number of likely N-dealkylation sites (N-methyl/N-ethyl adjacent to an activating group) is 1. The fourth-order valence-electron chi connectivity index (χ4n) is 3.44. The Balaban J connectivity index is 1.62. The molecule has 0 fully saturated rings. The Labute approximate surface area is 168 Å². The summed E-state index contributed by atoms with van der Waals surface area (Å²) in [5, 5.41) is 5.43. The van der Waals surface area contributed by atoms with Gasteiger partial charge >= 0.3 is 0 Å². The molecule has 1 amide bonds. The highest BCUT2D eigenvalue weighted by atomic mass is 16.6. The van der Waals surface area contributed by atoms with E-state index in [-0.39, 0.29) is 29.3 Å². The minimum absolute atomic E-state index is 0.157. The summed E-state index contributed by atoms with van der Waals surface area (Å²) >= 11 is 0. The number of benzene rings is 2. The van der Waals surface area contributed by atoms with Gasteiger partial charge in [-0.05, 0) is 32.0 Å². The van der Waals surface area contributed by atoms with Crippen LogP contribution in [0.25, 0.3) is 10.8 Å². The van der Waals surface area contributed by atoms with Gasteiger partial charge in [-0.15, -0.1) is 0 Å². The van der Waals surface area contributed by atoms with Crippen LogP contribution in [0.5, 0.6) is 11.5 Å². The average Bonchev–Trinajstić information content (AvgIpc) is 2.73. The molecular weight excluding hydrogens is 370 g/mol. The Morgan fingerprint density at radius 2 is 1.79 bits per heavy atom. The van der Waals surface area contributed by atoms with Crippen molar-refractivity contribution in [2.75, 3.05) is 20.2 Å². The van der Waals surface area contributed by atoms with Crippen molar-refractivity contribution in [3.63, 3.8) is 0 Å². The molecule has 1 atom stereocenters. The summed E-state index contributed by atoms with van der Waals surface area (Å²) in [6, 6.07) is 14.4. The van der Waals surface area contributed by atoms with E-state index in [0.29, 0.717) is 35.4 Å². The predicted molar refractivity (Wildman–Crippen MR) is 110 cm³/mol. The number of rotatable bonds is 4. The van der Waals surface area contributed by atoms with Gasteiger partial charge in [0.15, 0.2) is 23.3 Å². The zero-order valence-electron chi connectivity index (χ0n) is 16.7. The van der Waals surface area contributed by atoms with Crippen molar-refractivity contribution in [2.45, 2.75) is 26.0 Å². The normalized spacial score (nSPS) is 15.5. The molecule has 0 spiro atoms. The molecule has 2 aromatic carbocycles. The van der Waals surface area contributed by atoms with Crippen LogP contribution in [0.3, 0.4) is 0 Å². The van der Waals surface area contributed by atoms with Crippen LogP contribution in [0.4, 0.5) is 0 Å². The van der Waals surface area contributed by atoms with Gasteiger partial charge in [-0.1, -0.05) is 30.3 Å². The Kier molecular flexibility index (Phi) is 4.96. The molecule has 0 saturated heterocycles. The molecule has 4 rings (SSSR count). The van der Waals surface area contributed by atoms with Gasteiger partial charge in [0.25, 0.3) is 11.5 Å². The van der Waals surface area contributed by atoms with Gasteiger partial charge in [-0.2, -0.15) is 5.10 Å². The lowest BCUT2D eigenvalue weighted by molar-refractivity contribution is 0.0517. The molecule has 29 heavy (non-hydrogen) atoms. The molecule has 3 aromatic rings. The second-order valence-electron chi connectivity index (χ2n) is 7.42. The minimum atomic E-state index is -0.291. The molecule has 0 aliphatic carbocycles. The summed E-state index contributed by atoms with van der Waals surface area (Å²) in [6.07, 6.45) is -0.291. The van der Waals surface area contributed by atoms with E-state index in [1.807, 2.05) is 38.1 Å². The maximum Gasteiger partial charge on any atom is 0.274 e. The number of amides is 1. The smallest absolute Gasteiger partial charge is 0.274 e. The topological polar surface area (TPSA) is 73.7 Å². The van der Waals surface area contributed by atoms with Gasteiger partial charge in [-0.25, -0.2) is 4.68 Å². The van der Waals surface area contributed by atoms with Crippen LogP contribution >= 0.6 is 0 Å². The van der Waals surface area contributed by atoms with E-state index in [1.54, 1.807) is 36.2 Å². The molecule has 1 unspecified atom stereocenters. The van der Waals surface area contributed by atoms with Crippen LogP contribution in [0.15, 0.2) is 53.3 Å². The molecule has 1 aliphatic heterocycles. The number of fused-ring (bicyclic) bond motifs is 2. The average molecular weight is 393 g/mol. The Morgan fingerprint density at radius 1 is 1.14 bits per heavy atom. The molecule has 0 bridgehead atoms. The van der Waals surface area contributed by atoms with Crippen molar-refractivity contribution in [1.29, 1.82) is 0 Å². The quantitative estimate of drug-likeness (QED) is 0.681. The van der Waals surface area contributed by atoms with Crippen LogP contribution in [0.1, 0.15) is 30.4 Å². The number of carbonyl (C=O) groups excluding carboxylic acids is 1. The molecule has 2 heterocycles. The lowest BCUT2D eigenvalue weighted by Crippen LogP contribution is -2.42. The Morgan fingerprint density at radius 3 is 2.52 bits per heavy atom. The van der Waals surface area contributed by atoms with Crippen LogP contribution in [0, 0.1) is 0 Å². The zero-order chi connectivity index (χ0) is 20.5. The van der Waals surface area contributed by atoms with Gasteiger partial charge in [0.05, 0.1) is 18.0 Å². The third kappa shape index (κ3) is 3.55. The van der Waals surface area contributed by atoms with Gasteiger partial charge in [0.1, 0.15) is 6.61 Å². The van der Waals surface area contributed by atoms with E-state index >= 15 is 0 Å². The summed E-state index contributed by atoms with van der Waals surface area (Å²) in [4.78, 5) is 27.5. The maximum atomic E-state index is 13.2. The van der Waals surface area contributed by atoms with Gasteiger partial charge in [0, 0.05) is 12.4 Å². The number of hydrogen-bond acceptors (Lipinski definition) is 5. The largest absolute Gasteiger partial charge is 0.486 e. The van der Waals surface area contributed by atoms with Crippen molar-refractivity contribution >= 4 is 16.7 Å². The number of nitrogens with zero attached hydrogens (tertiary/aromatic N) is 3. The molecule has 0 N–H and O–H groups in total. The lowest BCUT2D eigenvalue weighted by Gasteiger charge is -2.29. The van der Waals surface area contributed by atoms with Gasteiger partial charge < -0.3 is 14.4 Å². The first-order valence-corrected chi connectivity index (χ1v) is 9.61. The van der Waals surface area contributed by atoms with E-state index in [1.165, 1.54) is 4.68 Å². The summed E-state index contributed by atoms with van der Waals surface area (Å²) in [5.41, 5.74) is 0.0592. The molecule has 0 saturated carbocycles. The third-order valence-corrected chi connectivity index (χ3v) is 4.91. The monoisotopic (exact) mass is 393 g/mol. The highest BCUT2D eigenvalue weighted by Gasteiger charge is 2.26. The SMILES string of the molecule is CC(C)n1nc(C(=O)N(C)CC2COc3ccccc3O2)c2ccccc2c1=O. The van der Waals surface area contributed by atoms with Crippen molar-refractivity contribution in [3.05, 3.63) is 64.6 Å². The molecule has 150 valence electrons. The first-order valence-electron chi connectivity index (χ1n) is 9.61. The number of carbonyl (C=O) groups is 1. The van der Waals surface area contributed by atoms with Crippen LogP contribution in [-0.4, -0.2) is 46.9 Å². The van der Waals surface area contributed by atoms with Gasteiger partial charge in [0.2, 0.25) is 0 Å². The molecule has 7 nitrogen and oxygen atoms in total. The van der Waals surface area contributed by atoms with Crippen molar-refractivity contribution in [2.24, 2.45) is 0 Å². The Bertz CT molecular complexity index is 1120. The van der Waals surface area contributed by atoms with Crippen molar-refractivity contribution < 1.29 is 14.3 Å². The predicted octanol–water partition coefficient (Wildman–Crippen LogP) is 2.89. The number of aromatic nitrogens is 2. The minimum Gasteiger partial charge on any atom is -0.486 e. The fourth-order valence-corrected chi connectivity index (χ4v) is 3.44. The molecule has 1 aromatic heterocycles. The molecule has 1 aliphatic rings. The molecular formula is C22H23N3O4. The van der Waals surface area contributed by atoms with E-state index < -0.39 is 0 Å². The van der Waals surface area contributed by atoms with Crippen LogP contribution in [-0.2, 0) is 0 Å². The van der Waals surface area contributed by atoms with E-state index in [9.17, 15) is 9.59 Å². The van der Waals surface area contributed by atoms with Gasteiger partial charge in [-0.3, -0.25) is 9.59 Å². The second-order valence-corrected chi connectivity index (χ2v) is 7.42. The molecule has 7 heteroatoms. The zero-order valence-corrected chi connectivity index (χ0v) is 16.7. The first kappa shape index (κ1) is 19.0. The standard InChI is InChI=1S/C22H23N3O4/c1-14(2)25-21(26)17-9-5-4-8-16(17)20(23-25)22(27)24(3)12-15-13-28-18-10-6-7-11-19(18)29-15/h4-11,14-15H,12-13H2,1-3H3. The number of para-hydroxylation sites is 2. The summed E-state index contributed by atoms with van der Waals surface area (Å²) in [7, 11) is 1.70.